The van der Waals surface area contributed by atoms with Crippen LogP contribution in [-0.4, -0.2) is 28.4 Å². The van der Waals surface area contributed by atoms with Gasteiger partial charge >= 0.3 is 0 Å². The van der Waals surface area contributed by atoms with Crippen LogP contribution < -0.4 is 82.6 Å². The smallest absolute Gasteiger partial charge is 0.171 e. The van der Waals surface area contributed by atoms with Crippen molar-refractivity contribution < 1.29 is 37.2 Å². The van der Waals surface area contributed by atoms with E-state index in [-0.39, 0.29) is 25.7 Å². The molecule has 0 aromatic heterocycles. The van der Waals surface area contributed by atoms with Gasteiger partial charge in [-0.1, -0.05) is 243 Å². The van der Waals surface area contributed by atoms with E-state index in [1.807, 2.05) is 291 Å². The first kappa shape index (κ1) is 61.6. The molecule has 12 aromatic rings. The van der Waals surface area contributed by atoms with E-state index < -0.39 is 28.6 Å². The first-order chi connectivity index (χ1) is 44.9. The molecule has 1 aliphatic rings. The maximum absolute atomic E-state index is 17.0. The Morgan fingerprint density at radius 2 is 0.315 bits per heavy atom. The molecule has 92 heavy (non-hydrogen) atoms. The molecule has 1 aliphatic carbocycles. The minimum absolute atomic E-state index is 0.153. The van der Waals surface area contributed by atoms with Gasteiger partial charge in [0.2, 0.25) is 0 Å². The van der Waals surface area contributed by atoms with Gasteiger partial charge in [-0.3, -0.25) is 0 Å². The van der Waals surface area contributed by atoms with E-state index in [2.05, 4.69) is 0 Å². The first-order valence-corrected chi connectivity index (χ1v) is 37.4. The van der Waals surface area contributed by atoms with Crippen LogP contribution in [0.1, 0.15) is 44.5 Å². The van der Waals surface area contributed by atoms with Crippen LogP contribution in [0.15, 0.2) is 291 Å². The molecule has 0 N–H and O–H groups in total. The number of rotatable bonds is 16. The molecule has 0 atom stereocenters. The molecule has 0 saturated heterocycles. The lowest BCUT2D eigenvalue weighted by Gasteiger charge is -2.27. The maximum atomic E-state index is 17.0. The monoisotopic (exact) mass is 1280 g/mol. The van der Waals surface area contributed by atoms with Gasteiger partial charge < -0.3 is 37.2 Å². The zero-order chi connectivity index (χ0) is 63.5. The van der Waals surface area contributed by atoms with E-state index in [1.54, 1.807) is 28.4 Å². The number of fused-ring (bicyclic) bond motifs is 8. The molecule has 0 radical (unpaired) electrons. The van der Waals surface area contributed by atoms with Crippen molar-refractivity contribution in [2.45, 2.75) is 25.7 Å². The molecule has 0 unspecified atom stereocenters. The topological polar surface area (TPSA) is 105 Å². The molecule has 0 amide bonds. The van der Waals surface area contributed by atoms with E-state index in [9.17, 15) is 0 Å². The summed E-state index contributed by atoms with van der Waals surface area (Å²) in [6.45, 7) is 0. The molecule has 8 nitrogen and oxygen atoms in total. The van der Waals surface area contributed by atoms with Gasteiger partial charge in [0.15, 0.2) is 28.6 Å². The lowest BCUT2D eigenvalue weighted by Crippen LogP contribution is -2.27. The average Bonchev–Trinajstić information content (AvgIpc) is 0.789. The van der Waals surface area contributed by atoms with Gasteiger partial charge in [-0.15, -0.1) is 0 Å². The predicted octanol–water partition coefficient (Wildman–Crippen LogP) is 13.0. The van der Waals surface area contributed by atoms with Gasteiger partial charge in [0.25, 0.3) is 0 Å². The van der Waals surface area contributed by atoms with Crippen LogP contribution in [-0.2, 0) is 43.9 Å². The third-order valence-corrected chi connectivity index (χ3v) is 29.8. The Balaban J connectivity index is 1.18. The summed E-state index contributed by atoms with van der Waals surface area (Å²) in [6, 6.07) is 93.0. The van der Waals surface area contributed by atoms with Crippen molar-refractivity contribution in [1.82, 2.24) is 0 Å². The van der Waals surface area contributed by atoms with Crippen molar-refractivity contribution in [2.75, 3.05) is 28.4 Å². The molecule has 0 aliphatic heterocycles. The number of hydrogen-bond donors (Lipinski definition) is 0. The van der Waals surface area contributed by atoms with E-state index in [4.69, 9.17) is 18.9 Å². The summed E-state index contributed by atoms with van der Waals surface area (Å²) in [5.41, 5.74) is 5.54. The van der Waals surface area contributed by atoms with Gasteiger partial charge in [-0.05, 0) is 93.0 Å². The van der Waals surface area contributed by atoms with Crippen LogP contribution in [0.2, 0.25) is 0 Å². The summed E-state index contributed by atoms with van der Waals surface area (Å²) in [4.78, 5) is 0. The zero-order valence-electron chi connectivity index (χ0n) is 51.6. The van der Waals surface area contributed by atoms with Crippen molar-refractivity contribution >= 4 is 92.2 Å². The normalized spacial score (nSPS) is 12.6. The maximum Gasteiger partial charge on any atom is 0.171 e. The van der Waals surface area contributed by atoms with Crippen LogP contribution in [0, 0.1) is 0 Å². The van der Waals surface area contributed by atoms with Gasteiger partial charge in [0.05, 0.1) is 28.4 Å². The fraction of sp³-hybridized carbons (Fsp3) is 0.100. The van der Waals surface area contributed by atoms with Crippen molar-refractivity contribution in [2.24, 2.45) is 0 Å². The second kappa shape index (κ2) is 26.2. The van der Waals surface area contributed by atoms with Crippen molar-refractivity contribution in [3.05, 3.63) is 336 Å². The highest BCUT2D eigenvalue weighted by atomic mass is 31.2. The molecule has 0 heterocycles. The highest BCUT2D eigenvalue weighted by Gasteiger charge is 2.38. The van der Waals surface area contributed by atoms with Crippen LogP contribution in [0.25, 0.3) is 0 Å². The van der Waals surface area contributed by atoms with E-state index in [1.165, 1.54) is 0 Å². The Bertz CT molecular complexity index is 3960. The van der Waals surface area contributed by atoms with Crippen molar-refractivity contribution in [1.29, 1.82) is 0 Å². The molecule has 8 bridgehead atoms. The van der Waals surface area contributed by atoms with Gasteiger partial charge in [-0.25, -0.2) is 0 Å². The highest BCUT2D eigenvalue weighted by Crippen LogP contribution is 2.51. The second-order valence-corrected chi connectivity index (χ2v) is 34.1. The third kappa shape index (κ3) is 11.1. The van der Waals surface area contributed by atoms with Crippen LogP contribution >= 0.6 is 28.6 Å². The summed E-state index contributed by atoms with van der Waals surface area (Å²) >= 11 is 0. The molecule has 13 rings (SSSR count). The van der Waals surface area contributed by atoms with Crippen LogP contribution in [0.3, 0.4) is 0 Å². The minimum atomic E-state index is -3.72. The summed E-state index contributed by atoms with van der Waals surface area (Å²) in [5.74, 6) is 2.15. The first-order valence-electron chi connectivity index (χ1n) is 30.6. The van der Waals surface area contributed by atoms with Crippen molar-refractivity contribution in [3.63, 3.8) is 0 Å². The molecule has 12 aromatic carbocycles. The Hall–Kier alpha value is -9.24. The van der Waals surface area contributed by atoms with Crippen LogP contribution in [0.5, 0.6) is 23.0 Å². The highest BCUT2D eigenvalue weighted by molar-refractivity contribution is 7.86. The predicted molar refractivity (Wildman–Crippen MR) is 381 cm³/mol. The van der Waals surface area contributed by atoms with Gasteiger partial charge in [0, 0.05) is 89.3 Å². The average molecular weight is 1280 g/mol. The molecular formula is C80H68O8P4. The summed E-state index contributed by atoms with van der Waals surface area (Å²) in [7, 11) is -8.25. The van der Waals surface area contributed by atoms with Crippen LogP contribution in [0.4, 0.5) is 0 Å². The number of benzene rings is 12. The fourth-order valence-corrected chi connectivity index (χ4v) is 24.5. The number of hydrogen-bond acceptors (Lipinski definition) is 8. The SMILES string of the molecule is COc1c2cc(P(=O)(c3ccccc3)c3ccccc3)cc1Cc1cc(P(=O)(c3ccccc3)c3ccccc3)cc(c1OC)Cc1cc(P(=O)(c3ccccc3)c3ccccc3)cc(c1OC)Cc1cc(P(=O)(c3ccccc3)c3ccccc3)cc(c1OC)C2. The Morgan fingerprint density at radius 3 is 0.424 bits per heavy atom. The summed E-state index contributed by atoms with van der Waals surface area (Å²) in [5, 5.41) is 7.47. The Morgan fingerprint density at radius 1 is 0.196 bits per heavy atom. The lowest BCUT2D eigenvalue weighted by atomic mass is 9.91. The molecule has 0 fully saturated rings. The van der Waals surface area contributed by atoms with E-state index >= 15 is 18.3 Å². The lowest BCUT2D eigenvalue weighted by molar-refractivity contribution is 0.396. The van der Waals surface area contributed by atoms with Gasteiger partial charge in [0.1, 0.15) is 23.0 Å². The summed E-state index contributed by atoms with van der Waals surface area (Å²) < 4.78 is 94.7. The molecule has 456 valence electrons. The zero-order valence-corrected chi connectivity index (χ0v) is 55.2. The Labute approximate surface area is 539 Å². The minimum Gasteiger partial charge on any atom is -0.496 e. The second-order valence-electron chi connectivity index (χ2n) is 23.0. The van der Waals surface area contributed by atoms with E-state index in [0.717, 1.165) is 0 Å². The molecule has 0 saturated carbocycles. The van der Waals surface area contributed by atoms with Gasteiger partial charge in [-0.2, -0.15) is 0 Å². The standard InChI is InChI=1S/C80H68O8P4/c1-85-77-57-45-59-51-74(90(82,67-33-17-7-18-34-67)68-35-19-8-20-36-68)53-61(78(59)86-2)47-63-55-76(92(84,71-41-25-11-26-42-71)72-43-27-12-28-44-72)56-64(80(63)88-4)48-62-54-75(91(83,69-37-21-9-22-38-69)70-39-23-10-24-40-70)52-60(79(62)87-3)46-58(77)50-73(49-57)89(81,65-29-13-5-14-30-65)66-31-15-6-16-32-66/h5-44,49-56H,45-48H2,1-4H3. The molecule has 0 spiro atoms. The number of ether oxygens (including phenoxy) is 4. The van der Waals surface area contributed by atoms with E-state index in [0.29, 0.717) is 131 Å². The van der Waals surface area contributed by atoms with Crippen molar-refractivity contribution in [3.8, 4) is 23.0 Å². The third-order valence-electron chi connectivity index (χ3n) is 17.7. The largest absolute Gasteiger partial charge is 0.496 e. The Kier molecular flexibility index (Phi) is 17.5. The quantitative estimate of drug-likeness (QED) is 0.0881. The molecular weight excluding hydrogens is 1210 g/mol. The summed E-state index contributed by atoms with van der Waals surface area (Å²) in [6.07, 6.45) is 0.613. The molecule has 12 heteroatoms. The fourth-order valence-electron chi connectivity index (χ4n) is 13.5. The number of methoxy groups -OCH3 is 4.